The number of amides is 2. The van der Waals surface area contributed by atoms with Crippen molar-refractivity contribution in [3.05, 3.63) is 59.7 Å². The summed E-state index contributed by atoms with van der Waals surface area (Å²) < 4.78 is 13.1. The van der Waals surface area contributed by atoms with Gasteiger partial charge in [0.1, 0.15) is 5.82 Å². The van der Waals surface area contributed by atoms with Gasteiger partial charge in [-0.2, -0.15) is 0 Å². The Morgan fingerprint density at radius 1 is 1.17 bits per heavy atom. The molecule has 0 saturated carbocycles. The minimum Gasteiger partial charge on any atom is -0.326 e. The van der Waals surface area contributed by atoms with Crippen LogP contribution in [0.4, 0.5) is 15.2 Å². The minimum atomic E-state index is -0.305. The van der Waals surface area contributed by atoms with E-state index >= 15 is 0 Å². The Morgan fingerprint density at radius 2 is 1.93 bits per heavy atom. The van der Waals surface area contributed by atoms with Crippen LogP contribution in [-0.2, 0) is 9.59 Å². The molecule has 0 saturated heterocycles. The lowest BCUT2D eigenvalue weighted by Gasteiger charge is -2.14. The van der Waals surface area contributed by atoms with Crippen LogP contribution in [0.1, 0.15) is 20.3 Å². The van der Waals surface area contributed by atoms with Crippen molar-refractivity contribution in [2.75, 3.05) is 10.6 Å². The summed E-state index contributed by atoms with van der Waals surface area (Å²) in [5.74, 6) is -0.581. The second-order valence-corrected chi connectivity index (χ2v) is 8.39. The summed E-state index contributed by atoms with van der Waals surface area (Å²) in [6, 6.07) is 13.5. The van der Waals surface area contributed by atoms with E-state index in [1.807, 2.05) is 30.5 Å². The first-order valence-electron chi connectivity index (χ1n) is 9.01. The molecule has 1 heterocycles. The molecule has 3 aromatic rings. The number of nitrogens with zero attached hydrogens (tertiary/aromatic N) is 1. The number of anilines is 2. The van der Waals surface area contributed by atoms with E-state index in [0.29, 0.717) is 22.9 Å². The fourth-order valence-corrected chi connectivity index (χ4v) is 4.34. The molecular formula is C21H20FN3O2S2. The first-order chi connectivity index (χ1) is 13.9. The van der Waals surface area contributed by atoms with E-state index in [0.717, 1.165) is 10.5 Å². The zero-order valence-corrected chi connectivity index (χ0v) is 17.6. The third kappa shape index (κ3) is 5.88. The van der Waals surface area contributed by atoms with Gasteiger partial charge < -0.3 is 10.6 Å². The van der Waals surface area contributed by atoms with E-state index in [4.69, 9.17) is 0 Å². The highest BCUT2D eigenvalue weighted by Crippen LogP contribution is 2.30. The molecule has 0 bridgehead atoms. The molecule has 8 heteroatoms. The molecular weight excluding hydrogens is 409 g/mol. The third-order valence-corrected chi connectivity index (χ3v) is 6.09. The number of thiazole rings is 1. The van der Waals surface area contributed by atoms with Gasteiger partial charge in [0.2, 0.25) is 11.8 Å². The summed E-state index contributed by atoms with van der Waals surface area (Å²) in [6.07, 6.45) is 0.636. The summed E-state index contributed by atoms with van der Waals surface area (Å²) in [5, 5.41) is 7.63. The van der Waals surface area contributed by atoms with Gasteiger partial charge in [-0.15, -0.1) is 23.1 Å². The van der Waals surface area contributed by atoms with Crippen molar-refractivity contribution in [1.29, 1.82) is 0 Å². The highest BCUT2D eigenvalue weighted by atomic mass is 32.2. The van der Waals surface area contributed by atoms with Gasteiger partial charge in [0.25, 0.3) is 0 Å². The molecule has 2 N–H and O–H groups in total. The lowest BCUT2D eigenvalue weighted by Crippen LogP contribution is -2.24. The highest BCUT2D eigenvalue weighted by molar-refractivity contribution is 8.00. The van der Waals surface area contributed by atoms with Crippen molar-refractivity contribution < 1.29 is 14.0 Å². The Bertz CT molecular complexity index is 1010. The van der Waals surface area contributed by atoms with Crippen molar-refractivity contribution in [3.63, 3.8) is 0 Å². The molecule has 1 unspecified atom stereocenters. The first-order valence-corrected chi connectivity index (χ1v) is 10.8. The maximum atomic E-state index is 13.1. The molecule has 150 valence electrons. The summed E-state index contributed by atoms with van der Waals surface area (Å²) in [4.78, 5) is 29.3. The zero-order valence-electron chi connectivity index (χ0n) is 15.9. The van der Waals surface area contributed by atoms with Gasteiger partial charge in [-0.05, 0) is 48.9 Å². The van der Waals surface area contributed by atoms with Gasteiger partial charge in [-0.1, -0.05) is 13.0 Å². The molecule has 1 atom stereocenters. The largest absolute Gasteiger partial charge is 0.326 e. The topological polar surface area (TPSA) is 71.1 Å². The standard InChI is InChI=1S/C21H20FN3O2S2/c1-3-19(29-17-6-4-5-16(11-17)23-13(2)26)20(27)25-21-24-18(12-28-21)14-7-9-15(22)10-8-14/h4-12,19H,3H2,1-2H3,(H,23,26)(H,24,25,27). The SMILES string of the molecule is CCC(Sc1cccc(NC(C)=O)c1)C(=O)Nc1nc(-c2ccc(F)cc2)cs1. The normalized spacial score (nSPS) is 11.7. The van der Waals surface area contributed by atoms with Crippen LogP contribution in [-0.4, -0.2) is 22.0 Å². The second kappa shape index (κ2) is 9.67. The lowest BCUT2D eigenvalue weighted by atomic mass is 10.2. The van der Waals surface area contributed by atoms with E-state index in [9.17, 15) is 14.0 Å². The van der Waals surface area contributed by atoms with E-state index in [1.54, 1.807) is 18.2 Å². The number of aromatic nitrogens is 1. The van der Waals surface area contributed by atoms with Crippen LogP contribution < -0.4 is 10.6 Å². The van der Waals surface area contributed by atoms with Gasteiger partial charge in [0.15, 0.2) is 5.13 Å². The van der Waals surface area contributed by atoms with Crippen LogP contribution in [0.2, 0.25) is 0 Å². The molecule has 3 rings (SSSR count). The van der Waals surface area contributed by atoms with Gasteiger partial charge in [-0.25, -0.2) is 9.37 Å². The number of benzene rings is 2. The van der Waals surface area contributed by atoms with E-state index in [1.165, 1.54) is 42.2 Å². The molecule has 0 aliphatic heterocycles. The van der Waals surface area contributed by atoms with Crippen molar-refractivity contribution >= 4 is 45.7 Å². The molecule has 1 aromatic heterocycles. The highest BCUT2D eigenvalue weighted by Gasteiger charge is 2.19. The fourth-order valence-electron chi connectivity index (χ4n) is 2.61. The predicted molar refractivity (Wildman–Crippen MR) is 117 cm³/mol. The average Bonchev–Trinajstić information content (AvgIpc) is 3.14. The fraction of sp³-hybridized carbons (Fsp3) is 0.190. The Morgan fingerprint density at radius 3 is 2.62 bits per heavy atom. The summed E-state index contributed by atoms with van der Waals surface area (Å²) >= 11 is 2.76. The number of carbonyl (C=O) groups is 2. The minimum absolute atomic E-state index is 0.137. The quantitative estimate of drug-likeness (QED) is 0.492. The molecule has 29 heavy (non-hydrogen) atoms. The van der Waals surface area contributed by atoms with Crippen molar-refractivity contribution in [1.82, 2.24) is 4.98 Å². The average molecular weight is 430 g/mol. The van der Waals surface area contributed by atoms with Crippen LogP contribution in [0.15, 0.2) is 58.8 Å². The predicted octanol–water partition coefficient (Wildman–Crippen LogP) is 5.42. The Hall–Kier alpha value is -2.71. The van der Waals surface area contributed by atoms with E-state index in [-0.39, 0.29) is 22.9 Å². The number of halogens is 1. The molecule has 2 amide bonds. The monoisotopic (exact) mass is 429 g/mol. The first kappa shape index (κ1) is 21.0. The number of nitrogens with one attached hydrogen (secondary N) is 2. The number of hydrogen-bond acceptors (Lipinski definition) is 5. The van der Waals surface area contributed by atoms with Crippen LogP contribution in [0.5, 0.6) is 0 Å². The van der Waals surface area contributed by atoms with E-state index in [2.05, 4.69) is 15.6 Å². The second-order valence-electron chi connectivity index (χ2n) is 6.26. The van der Waals surface area contributed by atoms with Crippen molar-refractivity contribution in [2.24, 2.45) is 0 Å². The van der Waals surface area contributed by atoms with Crippen LogP contribution >= 0.6 is 23.1 Å². The number of thioether (sulfide) groups is 1. The maximum absolute atomic E-state index is 13.1. The van der Waals surface area contributed by atoms with Gasteiger partial charge >= 0.3 is 0 Å². The summed E-state index contributed by atoms with van der Waals surface area (Å²) in [7, 11) is 0. The molecule has 0 aliphatic carbocycles. The smallest absolute Gasteiger partial charge is 0.239 e. The lowest BCUT2D eigenvalue weighted by molar-refractivity contribution is -0.116. The van der Waals surface area contributed by atoms with Crippen molar-refractivity contribution in [3.8, 4) is 11.3 Å². The Balaban J connectivity index is 1.66. The Labute approximate surface area is 176 Å². The van der Waals surface area contributed by atoms with Crippen LogP contribution in [0, 0.1) is 5.82 Å². The van der Waals surface area contributed by atoms with Crippen LogP contribution in [0.3, 0.4) is 0 Å². The molecule has 0 fully saturated rings. The molecule has 0 radical (unpaired) electrons. The van der Waals surface area contributed by atoms with Gasteiger partial charge in [-0.3, -0.25) is 9.59 Å². The van der Waals surface area contributed by atoms with Crippen LogP contribution in [0.25, 0.3) is 11.3 Å². The van der Waals surface area contributed by atoms with Crippen molar-refractivity contribution in [2.45, 2.75) is 30.4 Å². The van der Waals surface area contributed by atoms with E-state index < -0.39 is 0 Å². The molecule has 2 aromatic carbocycles. The number of hydrogen-bond donors (Lipinski definition) is 2. The third-order valence-electron chi connectivity index (χ3n) is 3.97. The molecule has 0 aliphatic rings. The maximum Gasteiger partial charge on any atom is 0.239 e. The number of carbonyl (C=O) groups excluding carboxylic acids is 2. The molecule has 0 spiro atoms. The zero-order chi connectivity index (χ0) is 20.8. The molecule has 5 nitrogen and oxygen atoms in total. The van der Waals surface area contributed by atoms with Gasteiger partial charge in [0.05, 0.1) is 10.9 Å². The number of rotatable bonds is 7. The van der Waals surface area contributed by atoms with Gasteiger partial charge in [0, 0.05) is 28.5 Å². The Kier molecular flexibility index (Phi) is 7.00. The summed E-state index contributed by atoms with van der Waals surface area (Å²) in [6.45, 7) is 3.40. The summed E-state index contributed by atoms with van der Waals surface area (Å²) in [5.41, 5.74) is 2.18.